The summed E-state index contributed by atoms with van der Waals surface area (Å²) in [6.45, 7) is 1.48. The molecule has 1 aromatic carbocycles. The van der Waals surface area contributed by atoms with Gasteiger partial charge < -0.3 is 5.11 Å². The van der Waals surface area contributed by atoms with Crippen molar-refractivity contribution in [3.05, 3.63) is 46.5 Å². The summed E-state index contributed by atoms with van der Waals surface area (Å²) in [5.41, 5.74) is -0.472. The van der Waals surface area contributed by atoms with E-state index in [4.69, 9.17) is 5.11 Å². The van der Waals surface area contributed by atoms with Crippen LogP contribution < -0.4 is 0 Å². The van der Waals surface area contributed by atoms with E-state index in [0.717, 1.165) is 16.8 Å². The van der Waals surface area contributed by atoms with E-state index in [0.29, 0.717) is 0 Å². The third-order valence-electron chi connectivity index (χ3n) is 2.74. The van der Waals surface area contributed by atoms with Crippen molar-refractivity contribution < 1.29 is 18.4 Å². The first kappa shape index (κ1) is 17.3. The van der Waals surface area contributed by atoms with Gasteiger partial charge in [-0.2, -0.15) is 4.31 Å². The molecule has 0 fully saturated rings. The molecule has 0 spiro atoms. The minimum absolute atomic E-state index is 0.0583. The van der Waals surface area contributed by atoms with Gasteiger partial charge in [-0.25, -0.2) is 8.42 Å². The zero-order valence-electron chi connectivity index (χ0n) is 11.7. The average Bonchev–Trinajstić information content (AvgIpc) is 2.46. The molecule has 0 amide bonds. The van der Waals surface area contributed by atoms with Crippen molar-refractivity contribution in [1.29, 1.82) is 0 Å². The van der Waals surface area contributed by atoms with Gasteiger partial charge in [0.2, 0.25) is 10.0 Å². The molecular weight excluding hydrogens is 296 g/mol. The fourth-order valence-corrected chi connectivity index (χ4v) is 3.29. The molecule has 7 nitrogen and oxygen atoms in total. The minimum Gasteiger partial charge on any atom is -0.395 e. The van der Waals surface area contributed by atoms with E-state index >= 15 is 0 Å². The number of rotatable bonds is 8. The van der Waals surface area contributed by atoms with Crippen LogP contribution in [0.3, 0.4) is 0 Å². The third kappa shape index (κ3) is 4.35. The summed E-state index contributed by atoms with van der Waals surface area (Å²) in [4.78, 5) is 9.87. The number of sulfonamides is 1. The van der Waals surface area contributed by atoms with Crippen molar-refractivity contribution in [1.82, 2.24) is 4.31 Å². The van der Waals surface area contributed by atoms with Crippen molar-refractivity contribution in [2.45, 2.75) is 18.2 Å². The molecule has 0 aliphatic rings. The maximum atomic E-state index is 12.5. The number of allylic oxidation sites excluding steroid dienone is 1. The molecule has 8 heteroatoms. The molecule has 0 unspecified atom stereocenters. The highest BCUT2D eigenvalue weighted by molar-refractivity contribution is 7.89. The van der Waals surface area contributed by atoms with Gasteiger partial charge in [-0.05, 0) is 12.5 Å². The summed E-state index contributed by atoms with van der Waals surface area (Å²) in [6.07, 6.45) is 4.19. The number of aliphatic hydroxyl groups excluding tert-OH is 1. The van der Waals surface area contributed by atoms with E-state index in [2.05, 4.69) is 0 Å². The zero-order chi connectivity index (χ0) is 15.9. The number of hydrogen-bond donors (Lipinski definition) is 1. The predicted molar refractivity (Wildman–Crippen MR) is 78.4 cm³/mol. The molecule has 0 saturated carbocycles. The molecule has 0 heterocycles. The van der Waals surface area contributed by atoms with Crippen molar-refractivity contribution in [2.75, 3.05) is 19.7 Å². The van der Waals surface area contributed by atoms with Gasteiger partial charge in [-0.15, -0.1) is 0 Å². The Morgan fingerprint density at radius 1 is 1.33 bits per heavy atom. The number of benzene rings is 1. The van der Waals surface area contributed by atoms with E-state index in [1.807, 2.05) is 6.92 Å². The third-order valence-corrected chi connectivity index (χ3v) is 4.65. The molecule has 0 atom stereocenters. The fourth-order valence-electron chi connectivity index (χ4n) is 1.75. The second-order valence-electron chi connectivity index (χ2n) is 4.19. The summed E-state index contributed by atoms with van der Waals surface area (Å²) >= 11 is 0. The van der Waals surface area contributed by atoms with Crippen LogP contribution in [0.15, 0.2) is 41.3 Å². The lowest BCUT2D eigenvalue weighted by Crippen LogP contribution is -2.34. The van der Waals surface area contributed by atoms with Gasteiger partial charge in [0.25, 0.3) is 5.69 Å². The lowest BCUT2D eigenvalue weighted by molar-refractivity contribution is -0.387. The van der Waals surface area contributed by atoms with Crippen LogP contribution in [0.2, 0.25) is 0 Å². The molecule has 0 radical (unpaired) electrons. The van der Waals surface area contributed by atoms with Crippen LogP contribution in [0, 0.1) is 10.1 Å². The van der Waals surface area contributed by atoms with Crippen molar-refractivity contribution in [3.8, 4) is 0 Å². The normalized spacial score (nSPS) is 12.1. The molecule has 0 aromatic heterocycles. The Labute approximate surface area is 123 Å². The number of nitrogens with zero attached hydrogens (tertiary/aromatic N) is 2. The van der Waals surface area contributed by atoms with Crippen LogP contribution in [0.5, 0.6) is 0 Å². The molecule has 0 bridgehead atoms. The van der Waals surface area contributed by atoms with Gasteiger partial charge in [-0.3, -0.25) is 10.1 Å². The monoisotopic (exact) mass is 314 g/mol. The Kier molecular flexibility index (Phi) is 6.47. The number of hydrogen-bond acceptors (Lipinski definition) is 5. The Balaban J connectivity index is 3.22. The Morgan fingerprint density at radius 3 is 2.57 bits per heavy atom. The summed E-state index contributed by atoms with van der Waals surface area (Å²) < 4.78 is 26.1. The largest absolute Gasteiger partial charge is 0.395 e. The van der Waals surface area contributed by atoms with E-state index in [-0.39, 0.29) is 24.6 Å². The van der Waals surface area contributed by atoms with Crippen LogP contribution in [-0.2, 0) is 10.0 Å². The highest BCUT2D eigenvalue weighted by Gasteiger charge is 2.30. The Bertz CT molecular complexity index is 613. The summed E-state index contributed by atoms with van der Waals surface area (Å²) in [7, 11) is -4.04. The Hall–Kier alpha value is -1.77. The first-order chi connectivity index (χ1) is 9.95. The number of nitro benzene ring substituents is 1. The maximum absolute atomic E-state index is 12.5. The van der Waals surface area contributed by atoms with E-state index in [9.17, 15) is 18.5 Å². The predicted octanol–water partition coefficient (Wildman–Crippen LogP) is 1.54. The number of para-hydroxylation sites is 1. The molecule has 0 aliphatic carbocycles. The highest BCUT2D eigenvalue weighted by Crippen LogP contribution is 2.26. The highest BCUT2D eigenvalue weighted by atomic mass is 32.2. The maximum Gasteiger partial charge on any atom is 0.289 e. The van der Waals surface area contributed by atoms with Crippen LogP contribution >= 0.6 is 0 Å². The van der Waals surface area contributed by atoms with E-state index in [1.165, 1.54) is 18.2 Å². The standard InChI is InChI=1S/C13H18N2O5S/c1-2-3-6-9-14(10-11-16)21(19,20)13-8-5-4-7-12(13)15(17)18/h3-8,16H,2,9-11H2,1H3. The van der Waals surface area contributed by atoms with Crippen LogP contribution in [0.4, 0.5) is 5.69 Å². The van der Waals surface area contributed by atoms with Gasteiger partial charge in [0, 0.05) is 19.2 Å². The smallest absolute Gasteiger partial charge is 0.289 e. The topological polar surface area (TPSA) is 101 Å². The minimum atomic E-state index is -4.04. The molecule has 1 aromatic rings. The van der Waals surface area contributed by atoms with Gasteiger partial charge in [0.1, 0.15) is 0 Å². The first-order valence-electron chi connectivity index (χ1n) is 6.44. The molecule has 116 valence electrons. The van der Waals surface area contributed by atoms with Crippen LogP contribution in [-0.4, -0.2) is 42.4 Å². The van der Waals surface area contributed by atoms with Crippen molar-refractivity contribution >= 4 is 15.7 Å². The summed E-state index contributed by atoms with van der Waals surface area (Å²) in [6, 6.07) is 5.18. The van der Waals surface area contributed by atoms with Crippen LogP contribution in [0.1, 0.15) is 13.3 Å². The van der Waals surface area contributed by atoms with Gasteiger partial charge in [-0.1, -0.05) is 31.2 Å². The molecule has 21 heavy (non-hydrogen) atoms. The average molecular weight is 314 g/mol. The number of nitro groups is 1. The lowest BCUT2D eigenvalue weighted by Gasteiger charge is -2.19. The summed E-state index contributed by atoms with van der Waals surface area (Å²) in [5, 5.41) is 20.0. The summed E-state index contributed by atoms with van der Waals surface area (Å²) in [5.74, 6) is 0. The molecule has 0 saturated heterocycles. The van der Waals surface area contributed by atoms with Crippen LogP contribution in [0.25, 0.3) is 0 Å². The molecule has 1 N–H and O–H groups in total. The van der Waals surface area contributed by atoms with Gasteiger partial charge >= 0.3 is 0 Å². The van der Waals surface area contributed by atoms with Gasteiger partial charge in [0.15, 0.2) is 4.90 Å². The fraction of sp³-hybridized carbons (Fsp3) is 0.385. The molecule has 0 aliphatic heterocycles. The van der Waals surface area contributed by atoms with E-state index < -0.39 is 20.6 Å². The Morgan fingerprint density at radius 2 is 2.00 bits per heavy atom. The molecular formula is C13H18N2O5S. The molecule has 1 rings (SSSR count). The SMILES string of the molecule is CCC=CCN(CCO)S(=O)(=O)c1ccccc1[N+](=O)[O-]. The quantitative estimate of drug-likeness (QED) is 0.445. The van der Waals surface area contributed by atoms with Gasteiger partial charge in [0.05, 0.1) is 11.5 Å². The van der Waals surface area contributed by atoms with E-state index in [1.54, 1.807) is 12.2 Å². The van der Waals surface area contributed by atoms with Crippen molar-refractivity contribution in [2.24, 2.45) is 0 Å². The number of aliphatic hydroxyl groups is 1. The lowest BCUT2D eigenvalue weighted by atomic mass is 10.3. The zero-order valence-corrected chi connectivity index (χ0v) is 12.5. The first-order valence-corrected chi connectivity index (χ1v) is 7.88. The second-order valence-corrected chi connectivity index (χ2v) is 6.10. The second kappa shape index (κ2) is 7.87. The van der Waals surface area contributed by atoms with Crippen molar-refractivity contribution in [3.63, 3.8) is 0 Å².